The number of aliphatic hydroxyl groups excluding tert-OH is 1. The number of ether oxygens (including phenoxy) is 1. The zero-order valence-corrected chi connectivity index (χ0v) is 14.2. The van der Waals surface area contributed by atoms with Gasteiger partial charge in [-0.15, -0.1) is 0 Å². The molecular formula is C18H30N2O2. The third-order valence-electron chi connectivity index (χ3n) is 4.36. The zero-order chi connectivity index (χ0) is 15.9. The van der Waals surface area contributed by atoms with Gasteiger partial charge in [0.05, 0.1) is 6.10 Å². The number of hydrogen-bond donors (Lipinski definition) is 1. The van der Waals surface area contributed by atoms with Gasteiger partial charge < -0.3 is 9.84 Å². The average molecular weight is 306 g/mol. The maximum Gasteiger partial charge on any atom is 0.119 e. The first-order valence-corrected chi connectivity index (χ1v) is 8.42. The predicted molar refractivity (Wildman–Crippen MR) is 90.4 cm³/mol. The van der Waals surface area contributed by atoms with Crippen molar-refractivity contribution in [1.29, 1.82) is 0 Å². The molecule has 1 fully saturated rings. The summed E-state index contributed by atoms with van der Waals surface area (Å²) in [4.78, 5) is 4.89. The molecule has 0 spiro atoms. The molecule has 1 N–H and O–H groups in total. The second-order valence-corrected chi connectivity index (χ2v) is 6.37. The lowest BCUT2D eigenvalue weighted by atomic mass is 10.1. The van der Waals surface area contributed by atoms with Crippen molar-refractivity contribution in [2.75, 3.05) is 39.3 Å². The van der Waals surface area contributed by atoms with E-state index in [4.69, 9.17) is 4.74 Å². The van der Waals surface area contributed by atoms with E-state index in [1.165, 1.54) is 5.56 Å². The number of hydrogen-bond acceptors (Lipinski definition) is 4. The quantitative estimate of drug-likeness (QED) is 0.837. The van der Waals surface area contributed by atoms with Crippen LogP contribution in [0.3, 0.4) is 0 Å². The van der Waals surface area contributed by atoms with E-state index in [2.05, 4.69) is 35.8 Å². The van der Waals surface area contributed by atoms with Crippen molar-refractivity contribution in [3.63, 3.8) is 0 Å². The molecule has 1 aromatic rings. The molecule has 4 nitrogen and oxygen atoms in total. The molecule has 0 saturated carbocycles. The molecule has 1 aliphatic heterocycles. The fraction of sp³-hybridized carbons (Fsp3) is 0.667. The molecule has 0 amide bonds. The van der Waals surface area contributed by atoms with E-state index in [9.17, 15) is 5.11 Å². The van der Waals surface area contributed by atoms with Crippen molar-refractivity contribution in [2.24, 2.45) is 0 Å². The van der Waals surface area contributed by atoms with E-state index in [-0.39, 0.29) is 6.10 Å². The fourth-order valence-electron chi connectivity index (χ4n) is 3.05. The summed E-state index contributed by atoms with van der Waals surface area (Å²) in [7, 11) is 0. The van der Waals surface area contributed by atoms with Gasteiger partial charge in [-0.1, -0.05) is 24.6 Å². The highest BCUT2D eigenvalue weighted by Crippen LogP contribution is 2.14. The topological polar surface area (TPSA) is 35.9 Å². The number of aryl methyl sites for hydroxylation is 1. The van der Waals surface area contributed by atoms with Crippen LogP contribution in [-0.4, -0.2) is 66.4 Å². The van der Waals surface area contributed by atoms with Crippen LogP contribution in [0.1, 0.15) is 25.8 Å². The molecule has 22 heavy (non-hydrogen) atoms. The normalized spacial score (nSPS) is 21.7. The highest BCUT2D eigenvalue weighted by Gasteiger charge is 2.26. The molecule has 0 aromatic heterocycles. The number of rotatable bonds is 7. The molecular weight excluding hydrogens is 276 g/mol. The first-order chi connectivity index (χ1) is 10.6. The molecule has 0 unspecified atom stereocenters. The van der Waals surface area contributed by atoms with Gasteiger partial charge in [-0.3, -0.25) is 9.80 Å². The Balaban J connectivity index is 1.74. The van der Waals surface area contributed by atoms with Gasteiger partial charge in [-0.2, -0.15) is 0 Å². The monoisotopic (exact) mass is 306 g/mol. The maximum absolute atomic E-state index is 9.60. The van der Waals surface area contributed by atoms with E-state index in [1.54, 1.807) is 0 Å². The SMILES string of the molecule is CC[C@@H]1CN(CCOc2ccc(C)cc2)CCN1C[C@@H](C)O. The van der Waals surface area contributed by atoms with Gasteiger partial charge in [0.15, 0.2) is 0 Å². The fourth-order valence-corrected chi connectivity index (χ4v) is 3.05. The van der Waals surface area contributed by atoms with E-state index >= 15 is 0 Å². The summed E-state index contributed by atoms with van der Waals surface area (Å²) >= 11 is 0. The van der Waals surface area contributed by atoms with E-state index in [0.717, 1.165) is 51.5 Å². The van der Waals surface area contributed by atoms with Crippen molar-refractivity contribution in [3.05, 3.63) is 29.8 Å². The Morgan fingerprint density at radius 3 is 2.64 bits per heavy atom. The lowest BCUT2D eigenvalue weighted by Gasteiger charge is -2.41. The van der Waals surface area contributed by atoms with Crippen LogP contribution in [0.5, 0.6) is 5.75 Å². The van der Waals surface area contributed by atoms with E-state index < -0.39 is 0 Å². The summed E-state index contributed by atoms with van der Waals surface area (Å²) < 4.78 is 5.83. The molecule has 0 aliphatic carbocycles. The third-order valence-corrected chi connectivity index (χ3v) is 4.36. The highest BCUT2D eigenvalue weighted by atomic mass is 16.5. The summed E-state index contributed by atoms with van der Waals surface area (Å²) in [5.74, 6) is 0.949. The van der Waals surface area contributed by atoms with Crippen LogP contribution in [0.25, 0.3) is 0 Å². The van der Waals surface area contributed by atoms with Crippen LogP contribution >= 0.6 is 0 Å². The first-order valence-electron chi connectivity index (χ1n) is 8.42. The molecule has 4 heteroatoms. The molecule has 0 bridgehead atoms. The van der Waals surface area contributed by atoms with Crippen molar-refractivity contribution in [2.45, 2.75) is 39.3 Å². The number of β-amino-alcohol motifs (C(OH)–C–C–N with tert-alkyl or cyclic N) is 1. The Labute approximate surface area is 134 Å². The molecule has 1 aliphatic rings. The summed E-state index contributed by atoms with van der Waals surface area (Å²) in [6.45, 7) is 11.8. The number of benzene rings is 1. The number of aliphatic hydroxyl groups is 1. The highest BCUT2D eigenvalue weighted by molar-refractivity contribution is 5.26. The summed E-state index contributed by atoms with van der Waals surface area (Å²) in [5, 5.41) is 9.60. The van der Waals surface area contributed by atoms with Gasteiger partial charge in [0.25, 0.3) is 0 Å². The third kappa shape index (κ3) is 5.27. The minimum absolute atomic E-state index is 0.245. The Morgan fingerprint density at radius 1 is 1.27 bits per heavy atom. The Bertz CT molecular complexity index is 433. The molecule has 1 heterocycles. The van der Waals surface area contributed by atoms with Crippen LogP contribution in [0.15, 0.2) is 24.3 Å². The second kappa shape index (κ2) is 8.51. The average Bonchev–Trinajstić information content (AvgIpc) is 2.50. The number of nitrogens with zero attached hydrogens (tertiary/aromatic N) is 2. The van der Waals surface area contributed by atoms with Crippen LogP contribution in [0, 0.1) is 6.92 Å². The van der Waals surface area contributed by atoms with Gasteiger partial charge in [0.2, 0.25) is 0 Å². The van der Waals surface area contributed by atoms with Gasteiger partial charge in [0, 0.05) is 38.8 Å². The molecule has 1 aromatic carbocycles. The van der Waals surface area contributed by atoms with Gasteiger partial charge in [-0.05, 0) is 32.4 Å². The van der Waals surface area contributed by atoms with E-state index in [0.29, 0.717) is 6.04 Å². The molecule has 0 radical (unpaired) electrons. The zero-order valence-electron chi connectivity index (χ0n) is 14.2. The first kappa shape index (κ1) is 17.3. The minimum Gasteiger partial charge on any atom is -0.492 e. The molecule has 1 saturated heterocycles. The smallest absolute Gasteiger partial charge is 0.119 e. The predicted octanol–water partition coefficient (Wildman–Crippen LogP) is 2.15. The Hall–Kier alpha value is -1.10. The summed E-state index contributed by atoms with van der Waals surface area (Å²) in [6.07, 6.45) is 0.882. The Kier molecular flexibility index (Phi) is 6.68. The standard InChI is InChI=1S/C18H30N2O2/c1-4-17-14-19(9-10-20(17)13-16(3)21)11-12-22-18-7-5-15(2)6-8-18/h5-8,16-17,21H,4,9-14H2,1-3H3/t16-,17-/m1/s1. The van der Waals surface area contributed by atoms with Crippen molar-refractivity contribution < 1.29 is 9.84 Å². The van der Waals surface area contributed by atoms with Gasteiger partial charge in [-0.25, -0.2) is 0 Å². The van der Waals surface area contributed by atoms with Crippen molar-refractivity contribution in [1.82, 2.24) is 9.80 Å². The second-order valence-electron chi connectivity index (χ2n) is 6.37. The van der Waals surface area contributed by atoms with Crippen molar-refractivity contribution in [3.8, 4) is 5.75 Å². The molecule has 2 atom stereocenters. The van der Waals surface area contributed by atoms with Gasteiger partial charge in [0.1, 0.15) is 12.4 Å². The largest absolute Gasteiger partial charge is 0.492 e. The van der Waals surface area contributed by atoms with Crippen LogP contribution in [0.2, 0.25) is 0 Å². The van der Waals surface area contributed by atoms with Crippen LogP contribution < -0.4 is 4.74 Å². The lowest BCUT2D eigenvalue weighted by molar-refractivity contribution is 0.0322. The summed E-state index contributed by atoms with van der Waals surface area (Å²) in [5.41, 5.74) is 1.26. The lowest BCUT2D eigenvalue weighted by Crippen LogP contribution is -2.55. The molecule has 2 rings (SSSR count). The van der Waals surface area contributed by atoms with Crippen molar-refractivity contribution >= 4 is 0 Å². The minimum atomic E-state index is -0.245. The van der Waals surface area contributed by atoms with Crippen LogP contribution in [0.4, 0.5) is 0 Å². The maximum atomic E-state index is 9.60. The Morgan fingerprint density at radius 2 is 2.00 bits per heavy atom. The van der Waals surface area contributed by atoms with E-state index in [1.807, 2.05) is 19.1 Å². The van der Waals surface area contributed by atoms with Crippen LogP contribution in [-0.2, 0) is 0 Å². The van der Waals surface area contributed by atoms with Gasteiger partial charge >= 0.3 is 0 Å². The molecule has 124 valence electrons. The summed E-state index contributed by atoms with van der Waals surface area (Å²) in [6, 6.07) is 8.77. The number of piperazine rings is 1.